The molecular weight excluding hydrogens is 338 g/mol. The van der Waals surface area contributed by atoms with Crippen molar-refractivity contribution >= 4 is 23.3 Å². The van der Waals surface area contributed by atoms with E-state index in [4.69, 9.17) is 25.8 Å². The molecule has 0 aromatic heterocycles. The molecule has 0 unspecified atom stereocenters. The third kappa shape index (κ3) is 3.41. The number of fused-ring (bicyclic) bond motifs is 1. The van der Waals surface area contributed by atoms with Crippen molar-refractivity contribution < 1.29 is 23.9 Å². The zero-order chi connectivity index (χ0) is 17.1. The van der Waals surface area contributed by atoms with Crippen molar-refractivity contribution in [3.05, 3.63) is 62.7 Å². The van der Waals surface area contributed by atoms with Gasteiger partial charge in [0.1, 0.15) is 19.8 Å². The average Bonchev–Trinajstić information content (AvgIpc) is 2.60. The molecule has 0 amide bonds. The lowest BCUT2D eigenvalue weighted by atomic mass is 10.2. The lowest BCUT2D eigenvalue weighted by Gasteiger charge is -2.20. The SMILES string of the molecule is O=C(OCc1cc(Cl)c2c(c1)OCCO2)c1ccc([N+](=O)[O-])cc1. The number of esters is 1. The Morgan fingerprint density at radius 2 is 1.92 bits per heavy atom. The van der Waals surface area contributed by atoms with E-state index in [1.165, 1.54) is 24.3 Å². The molecule has 0 N–H and O–H groups in total. The summed E-state index contributed by atoms with van der Waals surface area (Å²) in [6, 6.07) is 8.52. The summed E-state index contributed by atoms with van der Waals surface area (Å²) in [5, 5.41) is 11.0. The standard InChI is InChI=1S/C16H12ClNO6/c17-13-7-10(8-14-15(13)23-6-5-22-14)9-24-16(19)11-1-3-12(4-2-11)18(20)21/h1-4,7-8H,5-6,9H2. The third-order valence-electron chi connectivity index (χ3n) is 3.34. The molecule has 3 rings (SSSR count). The highest BCUT2D eigenvalue weighted by Crippen LogP contribution is 2.38. The Morgan fingerprint density at radius 1 is 1.21 bits per heavy atom. The molecule has 0 atom stereocenters. The Labute approximate surface area is 141 Å². The summed E-state index contributed by atoms with van der Waals surface area (Å²) < 4.78 is 16.1. The van der Waals surface area contributed by atoms with Crippen molar-refractivity contribution in [1.29, 1.82) is 0 Å². The van der Waals surface area contributed by atoms with E-state index in [0.29, 0.717) is 35.3 Å². The van der Waals surface area contributed by atoms with E-state index < -0.39 is 10.9 Å². The predicted octanol–water partition coefficient (Wildman–Crippen LogP) is 3.38. The summed E-state index contributed by atoms with van der Waals surface area (Å²) in [6.45, 7) is 0.850. The van der Waals surface area contributed by atoms with Crippen LogP contribution < -0.4 is 9.47 Å². The maximum Gasteiger partial charge on any atom is 0.338 e. The van der Waals surface area contributed by atoms with Gasteiger partial charge in [-0.15, -0.1) is 0 Å². The van der Waals surface area contributed by atoms with Crippen LogP contribution in [0.3, 0.4) is 0 Å². The van der Waals surface area contributed by atoms with Crippen molar-refractivity contribution in [2.45, 2.75) is 6.61 Å². The topological polar surface area (TPSA) is 87.9 Å². The molecule has 124 valence electrons. The van der Waals surface area contributed by atoms with Gasteiger partial charge < -0.3 is 14.2 Å². The van der Waals surface area contributed by atoms with E-state index in [0.717, 1.165) is 0 Å². The Hall–Kier alpha value is -2.80. The van der Waals surface area contributed by atoms with Gasteiger partial charge in [-0.3, -0.25) is 10.1 Å². The van der Waals surface area contributed by atoms with Crippen LogP contribution in [0.4, 0.5) is 5.69 Å². The van der Waals surface area contributed by atoms with Gasteiger partial charge in [-0.2, -0.15) is 0 Å². The van der Waals surface area contributed by atoms with Gasteiger partial charge in [-0.1, -0.05) is 11.6 Å². The fraction of sp³-hybridized carbons (Fsp3) is 0.188. The maximum absolute atomic E-state index is 12.0. The van der Waals surface area contributed by atoms with Crippen LogP contribution in [0, 0.1) is 10.1 Å². The second-order valence-corrected chi connectivity index (χ2v) is 5.39. The van der Waals surface area contributed by atoms with Crippen molar-refractivity contribution in [2.24, 2.45) is 0 Å². The van der Waals surface area contributed by atoms with Gasteiger partial charge in [-0.25, -0.2) is 4.79 Å². The van der Waals surface area contributed by atoms with Crippen LogP contribution in [0.25, 0.3) is 0 Å². The molecule has 0 saturated carbocycles. The molecule has 0 radical (unpaired) electrons. The molecule has 0 bridgehead atoms. The number of nitro benzene ring substituents is 1. The number of carbonyl (C=O) groups is 1. The molecule has 2 aromatic carbocycles. The average molecular weight is 350 g/mol. The number of halogens is 1. The number of nitro groups is 1. The first-order valence-corrected chi connectivity index (χ1v) is 7.42. The number of benzene rings is 2. The second kappa shape index (κ2) is 6.76. The number of rotatable bonds is 4. The summed E-state index contributed by atoms with van der Waals surface area (Å²) in [5.74, 6) is 0.402. The summed E-state index contributed by atoms with van der Waals surface area (Å²) in [7, 11) is 0. The molecule has 0 saturated heterocycles. The van der Waals surface area contributed by atoms with Crippen LogP contribution >= 0.6 is 11.6 Å². The van der Waals surface area contributed by atoms with Crippen molar-refractivity contribution in [1.82, 2.24) is 0 Å². The van der Waals surface area contributed by atoms with Crippen LogP contribution in [0.2, 0.25) is 5.02 Å². The van der Waals surface area contributed by atoms with Crippen LogP contribution in [0.1, 0.15) is 15.9 Å². The summed E-state index contributed by atoms with van der Waals surface area (Å²) >= 11 is 6.12. The molecule has 2 aromatic rings. The molecule has 0 aliphatic carbocycles. The van der Waals surface area contributed by atoms with Gasteiger partial charge in [-0.05, 0) is 29.8 Å². The van der Waals surface area contributed by atoms with E-state index in [9.17, 15) is 14.9 Å². The first kappa shape index (κ1) is 16.1. The van der Waals surface area contributed by atoms with Crippen LogP contribution in [-0.2, 0) is 11.3 Å². The largest absolute Gasteiger partial charge is 0.486 e. The Morgan fingerprint density at radius 3 is 2.62 bits per heavy atom. The quantitative estimate of drug-likeness (QED) is 0.477. The van der Waals surface area contributed by atoms with E-state index in [2.05, 4.69) is 0 Å². The number of non-ortho nitro benzene ring substituents is 1. The minimum absolute atomic E-state index is 0.00776. The fourth-order valence-electron chi connectivity index (χ4n) is 2.20. The number of hydrogen-bond donors (Lipinski definition) is 0. The molecule has 24 heavy (non-hydrogen) atoms. The molecule has 1 aliphatic rings. The Balaban J connectivity index is 1.68. The molecule has 0 spiro atoms. The minimum atomic E-state index is -0.587. The monoisotopic (exact) mass is 349 g/mol. The number of hydrogen-bond acceptors (Lipinski definition) is 6. The van der Waals surface area contributed by atoms with Gasteiger partial charge in [0.2, 0.25) is 0 Å². The number of carbonyl (C=O) groups excluding carboxylic acids is 1. The Kier molecular flexibility index (Phi) is 4.52. The van der Waals surface area contributed by atoms with E-state index in [1.54, 1.807) is 12.1 Å². The predicted molar refractivity (Wildman–Crippen MR) is 84.7 cm³/mol. The number of ether oxygens (including phenoxy) is 3. The molecule has 1 heterocycles. The zero-order valence-electron chi connectivity index (χ0n) is 12.4. The van der Waals surface area contributed by atoms with Crippen molar-refractivity contribution in [2.75, 3.05) is 13.2 Å². The molecule has 8 heteroatoms. The summed E-state index contributed by atoms with van der Waals surface area (Å²) in [6.07, 6.45) is 0. The molecular formula is C16H12ClNO6. The first-order chi connectivity index (χ1) is 11.5. The smallest absolute Gasteiger partial charge is 0.338 e. The maximum atomic E-state index is 12.0. The Bertz CT molecular complexity index is 790. The van der Waals surface area contributed by atoms with Crippen LogP contribution in [0.5, 0.6) is 11.5 Å². The van der Waals surface area contributed by atoms with Gasteiger partial charge in [0.05, 0.1) is 15.5 Å². The lowest BCUT2D eigenvalue weighted by molar-refractivity contribution is -0.384. The van der Waals surface area contributed by atoms with E-state index in [1.807, 2.05) is 0 Å². The fourth-order valence-corrected chi connectivity index (χ4v) is 2.49. The van der Waals surface area contributed by atoms with E-state index >= 15 is 0 Å². The first-order valence-electron chi connectivity index (χ1n) is 7.04. The van der Waals surface area contributed by atoms with Crippen LogP contribution in [0.15, 0.2) is 36.4 Å². The van der Waals surface area contributed by atoms with Gasteiger partial charge >= 0.3 is 5.97 Å². The molecule has 1 aliphatic heterocycles. The molecule has 0 fully saturated rings. The van der Waals surface area contributed by atoms with Gasteiger partial charge in [0.15, 0.2) is 11.5 Å². The number of nitrogens with zero attached hydrogens (tertiary/aromatic N) is 1. The zero-order valence-corrected chi connectivity index (χ0v) is 13.1. The van der Waals surface area contributed by atoms with E-state index in [-0.39, 0.29) is 17.9 Å². The lowest BCUT2D eigenvalue weighted by Crippen LogP contribution is -2.16. The van der Waals surface area contributed by atoms with Gasteiger partial charge in [0.25, 0.3) is 5.69 Å². The normalized spacial score (nSPS) is 12.5. The highest BCUT2D eigenvalue weighted by Gasteiger charge is 2.17. The van der Waals surface area contributed by atoms with Crippen molar-refractivity contribution in [3.63, 3.8) is 0 Å². The second-order valence-electron chi connectivity index (χ2n) is 4.98. The minimum Gasteiger partial charge on any atom is -0.486 e. The highest BCUT2D eigenvalue weighted by atomic mass is 35.5. The third-order valence-corrected chi connectivity index (χ3v) is 3.62. The highest BCUT2D eigenvalue weighted by molar-refractivity contribution is 6.32. The molecule has 7 nitrogen and oxygen atoms in total. The van der Waals surface area contributed by atoms with Crippen LogP contribution in [-0.4, -0.2) is 24.1 Å². The van der Waals surface area contributed by atoms with Gasteiger partial charge in [0, 0.05) is 12.1 Å². The van der Waals surface area contributed by atoms with Crippen molar-refractivity contribution in [3.8, 4) is 11.5 Å². The summed E-state index contributed by atoms with van der Waals surface area (Å²) in [4.78, 5) is 22.1. The summed E-state index contributed by atoms with van der Waals surface area (Å²) in [5.41, 5.74) is 0.786.